The second kappa shape index (κ2) is 15.4. The molecule has 3 heterocycles. The van der Waals surface area contributed by atoms with Crippen molar-refractivity contribution >= 4 is 12.0 Å². The Morgan fingerprint density at radius 3 is 2.24 bits per heavy atom. The molecule has 10 N–H and O–H groups in total. The number of carbonyl (C=O) groups excluding carboxylic acids is 1. The quantitative estimate of drug-likeness (QED) is 0.0838. The van der Waals surface area contributed by atoms with Gasteiger partial charge in [0.15, 0.2) is 24.1 Å². The Labute approximate surface area is 255 Å². The number of esters is 1. The maximum atomic E-state index is 12.7. The molecule has 1 aromatic carbocycles. The van der Waals surface area contributed by atoms with Gasteiger partial charge in [-0.15, -0.1) is 0 Å². The third-order valence-electron chi connectivity index (χ3n) is 7.51. The summed E-state index contributed by atoms with van der Waals surface area (Å²) in [6.45, 7) is -1.86. The Morgan fingerprint density at radius 2 is 1.56 bits per heavy atom. The van der Waals surface area contributed by atoms with Crippen LogP contribution < -0.4 is 4.74 Å². The van der Waals surface area contributed by atoms with E-state index in [1.807, 2.05) is 0 Å². The van der Waals surface area contributed by atoms with Crippen LogP contribution in [0.25, 0.3) is 6.08 Å². The average molecular weight is 651 g/mol. The Kier molecular flexibility index (Phi) is 12.1. The summed E-state index contributed by atoms with van der Waals surface area (Å²) in [4.78, 5) is 12.7. The topological polar surface area (TPSA) is 284 Å². The number of phenols is 1. The van der Waals surface area contributed by atoms with Gasteiger partial charge < -0.3 is 84.2 Å². The number of hydrogen-bond donors (Lipinski definition) is 10. The molecular formula is C27H38O18. The summed E-state index contributed by atoms with van der Waals surface area (Å²) in [5, 5.41) is 102. The minimum atomic E-state index is -1.92. The number of aliphatic hydroxyl groups is 9. The van der Waals surface area contributed by atoms with Gasteiger partial charge in [0, 0.05) is 6.08 Å². The van der Waals surface area contributed by atoms with Crippen molar-refractivity contribution in [2.75, 3.05) is 26.9 Å². The zero-order chi connectivity index (χ0) is 33.0. The predicted molar refractivity (Wildman–Crippen MR) is 143 cm³/mol. The third-order valence-corrected chi connectivity index (χ3v) is 7.51. The van der Waals surface area contributed by atoms with Crippen LogP contribution in [-0.4, -0.2) is 170 Å². The average Bonchev–Trinajstić information content (AvgIpc) is 3.02. The van der Waals surface area contributed by atoms with Crippen molar-refractivity contribution in [1.82, 2.24) is 0 Å². The van der Waals surface area contributed by atoms with Crippen molar-refractivity contribution in [3.63, 3.8) is 0 Å². The molecule has 3 aliphatic rings. The van der Waals surface area contributed by atoms with Crippen LogP contribution >= 0.6 is 0 Å². The highest BCUT2D eigenvalue weighted by Crippen LogP contribution is 2.30. The first kappa shape index (κ1) is 35.3. The lowest BCUT2D eigenvalue weighted by molar-refractivity contribution is -0.353. The molecule has 0 aromatic heterocycles. The summed E-state index contributed by atoms with van der Waals surface area (Å²) in [6, 6.07) is 4.23. The minimum absolute atomic E-state index is 0.133. The van der Waals surface area contributed by atoms with E-state index in [-0.39, 0.29) is 11.5 Å². The van der Waals surface area contributed by atoms with Crippen LogP contribution in [0.3, 0.4) is 0 Å². The van der Waals surface area contributed by atoms with E-state index in [1.165, 1.54) is 31.4 Å². The largest absolute Gasteiger partial charge is 0.504 e. The van der Waals surface area contributed by atoms with Crippen molar-refractivity contribution in [2.24, 2.45) is 0 Å². The Hall–Kier alpha value is -2.53. The van der Waals surface area contributed by atoms with Gasteiger partial charge in [0.05, 0.1) is 26.9 Å². The number of carbonyl (C=O) groups is 1. The second-order valence-corrected chi connectivity index (χ2v) is 10.6. The summed E-state index contributed by atoms with van der Waals surface area (Å²) in [5.41, 5.74) is 0.429. The summed E-state index contributed by atoms with van der Waals surface area (Å²) in [5.74, 6) is -1.04. The van der Waals surface area contributed by atoms with Crippen molar-refractivity contribution in [3.8, 4) is 11.5 Å². The van der Waals surface area contributed by atoms with Crippen LogP contribution in [0.15, 0.2) is 24.3 Å². The van der Waals surface area contributed by atoms with Crippen LogP contribution in [0, 0.1) is 0 Å². The highest BCUT2D eigenvalue weighted by Gasteiger charge is 2.51. The van der Waals surface area contributed by atoms with Gasteiger partial charge >= 0.3 is 5.97 Å². The SMILES string of the molecule is COc1cc(/C=C/C(=O)O[C@@H]2O[C@H](CO[C@@H]3O[C@H](CO)[C@@H](O)[C@H](O)[C@H]3O)[C@@H](O)[C@H](O[C@@H]3OC[C@H](O)[C@H](O)[C@H]3O)[C@H]2O)ccc1O. The molecule has 0 spiro atoms. The fourth-order valence-corrected chi connectivity index (χ4v) is 4.86. The zero-order valence-corrected chi connectivity index (χ0v) is 23.8. The maximum absolute atomic E-state index is 12.7. The molecule has 0 radical (unpaired) electrons. The molecule has 3 fully saturated rings. The number of aromatic hydroxyl groups is 1. The summed E-state index contributed by atoms with van der Waals surface area (Å²) in [7, 11) is 1.34. The maximum Gasteiger partial charge on any atom is 0.333 e. The van der Waals surface area contributed by atoms with E-state index in [1.54, 1.807) is 0 Å². The Bertz CT molecular complexity index is 1150. The van der Waals surface area contributed by atoms with E-state index in [9.17, 15) is 55.9 Å². The van der Waals surface area contributed by atoms with Crippen molar-refractivity contribution < 1.29 is 89.0 Å². The van der Waals surface area contributed by atoms with Crippen molar-refractivity contribution in [2.45, 2.75) is 86.0 Å². The van der Waals surface area contributed by atoms with Gasteiger partial charge in [-0.2, -0.15) is 0 Å². The summed E-state index contributed by atoms with van der Waals surface area (Å²) >= 11 is 0. The molecule has 0 bridgehead atoms. The molecule has 0 unspecified atom stereocenters. The Balaban J connectivity index is 1.50. The molecule has 0 aliphatic carbocycles. The third kappa shape index (κ3) is 8.07. The molecule has 4 rings (SSSR count). The van der Waals surface area contributed by atoms with E-state index in [0.29, 0.717) is 5.56 Å². The monoisotopic (exact) mass is 650 g/mol. The molecule has 18 heteroatoms. The van der Waals surface area contributed by atoms with Crippen LogP contribution in [0.5, 0.6) is 11.5 Å². The molecule has 254 valence electrons. The molecule has 0 amide bonds. The van der Waals surface area contributed by atoms with E-state index in [2.05, 4.69) is 0 Å². The molecule has 1 aromatic rings. The summed E-state index contributed by atoms with van der Waals surface area (Å²) < 4.78 is 37.3. The van der Waals surface area contributed by atoms with Crippen LogP contribution in [-0.2, 0) is 33.2 Å². The van der Waals surface area contributed by atoms with Gasteiger partial charge in [-0.1, -0.05) is 6.07 Å². The fourth-order valence-electron chi connectivity index (χ4n) is 4.86. The first-order valence-electron chi connectivity index (χ1n) is 13.9. The molecular weight excluding hydrogens is 612 g/mol. The van der Waals surface area contributed by atoms with Crippen LogP contribution in [0.2, 0.25) is 0 Å². The van der Waals surface area contributed by atoms with E-state index < -0.39 is 112 Å². The number of rotatable bonds is 10. The van der Waals surface area contributed by atoms with Gasteiger partial charge in [0.1, 0.15) is 67.1 Å². The summed E-state index contributed by atoms with van der Waals surface area (Å²) in [6.07, 6.45) is -21.3. The zero-order valence-electron chi connectivity index (χ0n) is 23.8. The lowest BCUT2D eigenvalue weighted by atomic mass is 9.97. The highest BCUT2D eigenvalue weighted by atomic mass is 16.8. The van der Waals surface area contributed by atoms with Crippen LogP contribution in [0.4, 0.5) is 0 Å². The van der Waals surface area contributed by atoms with Gasteiger partial charge in [-0.3, -0.25) is 0 Å². The van der Waals surface area contributed by atoms with Gasteiger partial charge in [0.2, 0.25) is 6.29 Å². The van der Waals surface area contributed by atoms with E-state index in [0.717, 1.165) is 6.08 Å². The lowest BCUT2D eigenvalue weighted by Crippen LogP contribution is -2.64. The molecule has 0 saturated carbocycles. The van der Waals surface area contributed by atoms with E-state index in [4.69, 9.17) is 33.2 Å². The van der Waals surface area contributed by atoms with Gasteiger partial charge in [0.25, 0.3) is 0 Å². The molecule has 14 atom stereocenters. The normalized spacial score (nSPS) is 40.8. The molecule has 3 saturated heterocycles. The molecule has 3 aliphatic heterocycles. The number of phenolic OH excluding ortho intramolecular Hbond substituents is 1. The molecule has 18 nitrogen and oxygen atoms in total. The lowest BCUT2D eigenvalue weighted by Gasteiger charge is -2.45. The highest BCUT2D eigenvalue weighted by molar-refractivity contribution is 5.87. The number of hydrogen-bond acceptors (Lipinski definition) is 18. The number of methoxy groups -OCH3 is 1. The number of ether oxygens (including phenoxy) is 7. The number of benzene rings is 1. The van der Waals surface area contributed by atoms with Crippen molar-refractivity contribution in [1.29, 1.82) is 0 Å². The van der Waals surface area contributed by atoms with Gasteiger partial charge in [-0.05, 0) is 23.8 Å². The van der Waals surface area contributed by atoms with Gasteiger partial charge in [-0.25, -0.2) is 4.79 Å². The minimum Gasteiger partial charge on any atom is -0.504 e. The standard InChI is InChI=1S/C27H38O18/c1-39-13-6-10(2-4-11(13)29)3-5-16(31)44-27-23(38)24(45-26-21(36)17(32)12(30)8-40-26)19(34)15(43-27)9-41-25-22(37)20(35)18(33)14(7-28)42-25/h2-6,12,14-15,17-30,32-38H,7-9H2,1H3/b5-3+/t12-,14+,15+,17-,18+,19+,20-,21+,22+,23+,24-,25+,26-,27-/m0/s1. The first-order chi connectivity index (χ1) is 21.4. The Morgan fingerprint density at radius 1 is 0.867 bits per heavy atom. The predicted octanol–water partition coefficient (Wildman–Crippen LogP) is -4.96. The fraction of sp³-hybridized carbons (Fsp3) is 0.667. The second-order valence-electron chi connectivity index (χ2n) is 10.6. The molecule has 45 heavy (non-hydrogen) atoms. The van der Waals surface area contributed by atoms with Crippen molar-refractivity contribution in [3.05, 3.63) is 29.8 Å². The van der Waals surface area contributed by atoms with Crippen LogP contribution in [0.1, 0.15) is 5.56 Å². The smallest absolute Gasteiger partial charge is 0.333 e. The number of aliphatic hydroxyl groups excluding tert-OH is 9. The first-order valence-corrected chi connectivity index (χ1v) is 13.9. The van der Waals surface area contributed by atoms with E-state index >= 15 is 0 Å².